The van der Waals surface area contributed by atoms with Crippen molar-refractivity contribution >= 4 is 5.69 Å². The number of hydrogen-bond donors (Lipinski definition) is 3. The van der Waals surface area contributed by atoms with Crippen molar-refractivity contribution in [1.29, 1.82) is 5.26 Å². The number of rotatable bonds is 4. The molecule has 1 aromatic carbocycles. The van der Waals surface area contributed by atoms with Gasteiger partial charge in [-0.25, -0.2) is 4.39 Å². The summed E-state index contributed by atoms with van der Waals surface area (Å²) in [5, 5.41) is 20.5. The van der Waals surface area contributed by atoms with Gasteiger partial charge in [0.2, 0.25) is 0 Å². The summed E-state index contributed by atoms with van der Waals surface area (Å²) < 4.78 is 13.4. The van der Waals surface area contributed by atoms with Gasteiger partial charge in [-0.15, -0.1) is 0 Å². The highest BCUT2D eigenvalue weighted by Gasteiger charge is 2.10. The lowest BCUT2D eigenvalue weighted by molar-refractivity contribution is 0.168. The molecule has 4 N–H and O–H groups in total. The molecule has 0 aliphatic carbocycles. The molecular formula is C11H14FN3O. The number of nitrogens with zero attached hydrogens (tertiary/aromatic N) is 1. The minimum Gasteiger partial charge on any atom is -0.392 e. The van der Waals surface area contributed by atoms with Crippen molar-refractivity contribution in [2.45, 2.75) is 19.1 Å². The topological polar surface area (TPSA) is 82.1 Å². The summed E-state index contributed by atoms with van der Waals surface area (Å²) in [5.41, 5.74) is 6.12. The van der Waals surface area contributed by atoms with Crippen molar-refractivity contribution < 1.29 is 9.50 Å². The van der Waals surface area contributed by atoms with Crippen LogP contribution in [0.15, 0.2) is 18.2 Å². The predicted octanol–water partition coefficient (Wildman–Crippen LogP) is 0.817. The van der Waals surface area contributed by atoms with E-state index in [1.807, 2.05) is 6.07 Å². The highest BCUT2D eigenvalue weighted by Crippen LogP contribution is 2.15. The van der Waals surface area contributed by atoms with E-state index >= 15 is 0 Å². The molecule has 0 saturated carbocycles. The molecule has 0 fully saturated rings. The fourth-order valence-corrected chi connectivity index (χ4v) is 1.13. The average Bonchev–Trinajstić information content (AvgIpc) is 2.26. The van der Waals surface area contributed by atoms with E-state index in [1.54, 1.807) is 6.92 Å². The van der Waals surface area contributed by atoms with Gasteiger partial charge in [0, 0.05) is 12.6 Å². The van der Waals surface area contributed by atoms with Crippen LogP contribution in [0.2, 0.25) is 0 Å². The number of benzene rings is 1. The third kappa shape index (κ3) is 3.19. The molecule has 0 radical (unpaired) electrons. The van der Waals surface area contributed by atoms with Crippen LogP contribution < -0.4 is 11.1 Å². The molecule has 0 aliphatic rings. The van der Waals surface area contributed by atoms with Crippen LogP contribution >= 0.6 is 0 Å². The molecule has 0 bridgehead atoms. The molecule has 2 atom stereocenters. The van der Waals surface area contributed by atoms with Crippen molar-refractivity contribution in [3.8, 4) is 6.07 Å². The predicted molar refractivity (Wildman–Crippen MR) is 59.3 cm³/mol. The third-order valence-electron chi connectivity index (χ3n) is 2.25. The van der Waals surface area contributed by atoms with E-state index < -0.39 is 18.0 Å². The summed E-state index contributed by atoms with van der Waals surface area (Å²) in [5.74, 6) is -0.503. The van der Waals surface area contributed by atoms with Crippen LogP contribution in [0.25, 0.3) is 0 Å². The van der Waals surface area contributed by atoms with E-state index in [0.717, 1.165) is 6.07 Å². The van der Waals surface area contributed by atoms with E-state index in [2.05, 4.69) is 5.32 Å². The Hall–Kier alpha value is -1.64. The maximum absolute atomic E-state index is 13.4. The van der Waals surface area contributed by atoms with Crippen LogP contribution in [0.1, 0.15) is 12.5 Å². The molecule has 0 aromatic heterocycles. The van der Waals surface area contributed by atoms with Gasteiger partial charge < -0.3 is 16.2 Å². The number of nitrogens with one attached hydrogen (secondary N) is 1. The van der Waals surface area contributed by atoms with Gasteiger partial charge in [0.05, 0.1) is 23.4 Å². The first kappa shape index (κ1) is 12.4. The smallest absolute Gasteiger partial charge is 0.147 e. The number of nitrogens with two attached hydrogens (primary N) is 1. The van der Waals surface area contributed by atoms with Gasteiger partial charge in [0.25, 0.3) is 0 Å². The lowest BCUT2D eigenvalue weighted by Gasteiger charge is -2.16. The molecular weight excluding hydrogens is 209 g/mol. The quantitative estimate of drug-likeness (QED) is 0.705. The Kier molecular flexibility index (Phi) is 4.23. The van der Waals surface area contributed by atoms with E-state index in [-0.39, 0.29) is 17.8 Å². The van der Waals surface area contributed by atoms with Gasteiger partial charge >= 0.3 is 0 Å². The molecule has 1 rings (SSSR count). The number of nitriles is 1. The minimum absolute atomic E-state index is 0.264. The average molecular weight is 223 g/mol. The SMILES string of the molecule is CC(O)C(N)CNc1ccc(C#N)cc1F. The van der Waals surface area contributed by atoms with E-state index in [4.69, 9.17) is 16.1 Å². The zero-order valence-corrected chi connectivity index (χ0v) is 8.94. The normalized spacial score (nSPS) is 13.9. The molecule has 0 amide bonds. The molecule has 0 spiro atoms. The van der Waals surface area contributed by atoms with Crippen molar-refractivity contribution in [2.24, 2.45) is 5.73 Å². The van der Waals surface area contributed by atoms with Crippen LogP contribution in [0, 0.1) is 17.1 Å². The fourth-order valence-electron chi connectivity index (χ4n) is 1.13. The molecule has 16 heavy (non-hydrogen) atoms. The Morgan fingerprint density at radius 1 is 1.62 bits per heavy atom. The largest absolute Gasteiger partial charge is 0.392 e. The Morgan fingerprint density at radius 2 is 2.31 bits per heavy atom. The van der Waals surface area contributed by atoms with Gasteiger partial charge in [-0.05, 0) is 25.1 Å². The molecule has 1 aromatic rings. The first-order chi connectivity index (χ1) is 7.54. The van der Waals surface area contributed by atoms with Crippen LogP contribution in [-0.2, 0) is 0 Å². The van der Waals surface area contributed by atoms with Crippen molar-refractivity contribution in [2.75, 3.05) is 11.9 Å². The number of aliphatic hydroxyl groups is 1. The Bertz CT molecular complexity index is 401. The summed E-state index contributed by atoms with van der Waals surface area (Å²) in [7, 11) is 0. The summed E-state index contributed by atoms with van der Waals surface area (Å²) in [6.45, 7) is 1.84. The first-order valence-corrected chi connectivity index (χ1v) is 4.91. The molecule has 4 nitrogen and oxygen atoms in total. The number of halogens is 1. The highest BCUT2D eigenvalue weighted by atomic mass is 19.1. The van der Waals surface area contributed by atoms with Crippen molar-refractivity contribution in [3.63, 3.8) is 0 Å². The molecule has 2 unspecified atom stereocenters. The zero-order valence-electron chi connectivity index (χ0n) is 8.94. The van der Waals surface area contributed by atoms with E-state index in [0.29, 0.717) is 0 Å². The second kappa shape index (κ2) is 5.45. The van der Waals surface area contributed by atoms with Crippen molar-refractivity contribution in [3.05, 3.63) is 29.6 Å². The van der Waals surface area contributed by atoms with Gasteiger partial charge in [0.1, 0.15) is 5.82 Å². The number of anilines is 1. The van der Waals surface area contributed by atoms with Crippen LogP contribution in [0.4, 0.5) is 10.1 Å². The molecule has 0 saturated heterocycles. The van der Waals surface area contributed by atoms with Gasteiger partial charge in [0.15, 0.2) is 0 Å². The fraction of sp³-hybridized carbons (Fsp3) is 0.364. The summed E-state index contributed by atoms with van der Waals surface area (Å²) in [4.78, 5) is 0. The zero-order chi connectivity index (χ0) is 12.1. The minimum atomic E-state index is -0.658. The molecule has 0 heterocycles. The molecule has 5 heteroatoms. The van der Waals surface area contributed by atoms with Crippen LogP contribution in [0.5, 0.6) is 0 Å². The Morgan fingerprint density at radius 3 is 2.81 bits per heavy atom. The standard InChI is InChI=1S/C11H14FN3O/c1-7(16)10(14)6-15-11-3-2-8(5-13)4-9(11)12/h2-4,7,10,15-16H,6,14H2,1H3. The third-order valence-corrected chi connectivity index (χ3v) is 2.25. The second-order valence-corrected chi connectivity index (χ2v) is 3.59. The monoisotopic (exact) mass is 223 g/mol. The molecule has 86 valence electrons. The lowest BCUT2D eigenvalue weighted by atomic mass is 10.2. The summed E-state index contributed by atoms with van der Waals surface area (Å²) in [6.07, 6.45) is -0.658. The summed E-state index contributed by atoms with van der Waals surface area (Å²) >= 11 is 0. The maximum atomic E-state index is 13.4. The second-order valence-electron chi connectivity index (χ2n) is 3.59. The number of hydrogen-bond acceptors (Lipinski definition) is 4. The highest BCUT2D eigenvalue weighted by molar-refractivity contribution is 5.48. The van der Waals surface area contributed by atoms with Gasteiger partial charge in [-0.1, -0.05) is 0 Å². The molecule has 0 aliphatic heterocycles. The Balaban J connectivity index is 2.65. The van der Waals surface area contributed by atoms with Crippen molar-refractivity contribution in [1.82, 2.24) is 0 Å². The maximum Gasteiger partial charge on any atom is 0.147 e. The van der Waals surface area contributed by atoms with E-state index in [9.17, 15) is 4.39 Å². The summed E-state index contributed by atoms with van der Waals surface area (Å²) in [6, 6.07) is 5.52. The lowest BCUT2D eigenvalue weighted by Crippen LogP contribution is -2.38. The van der Waals surface area contributed by atoms with Gasteiger partial charge in [-0.2, -0.15) is 5.26 Å². The first-order valence-electron chi connectivity index (χ1n) is 4.91. The number of aliphatic hydroxyl groups excluding tert-OH is 1. The Labute approximate surface area is 93.5 Å². The van der Waals surface area contributed by atoms with Gasteiger partial charge in [-0.3, -0.25) is 0 Å². The van der Waals surface area contributed by atoms with E-state index in [1.165, 1.54) is 12.1 Å². The van der Waals surface area contributed by atoms with Crippen LogP contribution in [0.3, 0.4) is 0 Å². The van der Waals surface area contributed by atoms with Crippen LogP contribution in [-0.4, -0.2) is 23.8 Å².